The van der Waals surface area contributed by atoms with Gasteiger partial charge in [0.15, 0.2) is 0 Å². The van der Waals surface area contributed by atoms with Crippen LogP contribution < -0.4 is 10.2 Å². The largest absolute Gasteiger partial charge is 0.396 e. The van der Waals surface area contributed by atoms with Crippen molar-refractivity contribution in [3.05, 3.63) is 5.82 Å². The maximum atomic E-state index is 9.10. The lowest BCUT2D eigenvalue weighted by Gasteiger charge is -2.17. The Morgan fingerprint density at radius 2 is 1.95 bits per heavy atom. The molecule has 6 nitrogen and oxygen atoms in total. The lowest BCUT2D eigenvalue weighted by atomic mass is 10.0. The summed E-state index contributed by atoms with van der Waals surface area (Å²) in [6, 6.07) is 0. The van der Waals surface area contributed by atoms with E-state index in [0.717, 1.165) is 18.8 Å². The molecule has 0 saturated heterocycles. The van der Waals surface area contributed by atoms with Crippen molar-refractivity contribution in [2.45, 2.75) is 39.0 Å². The van der Waals surface area contributed by atoms with E-state index >= 15 is 0 Å². The highest BCUT2D eigenvalue weighted by molar-refractivity contribution is 5.36. The standard InChI is InChI=1S/C14H25N5O/c1-10(2)11-16-12(18-13(17-11)19(3)4)15-9-14(5-6-14)7-8-20/h10,20H,5-9H2,1-4H3,(H,15,16,17,18). The van der Waals surface area contributed by atoms with E-state index in [-0.39, 0.29) is 17.9 Å². The van der Waals surface area contributed by atoms with E-state index < -0.39 is 0 Å². The molecule has 1 fully saturated rings. The highest BCUT2D eigenvalue weighted by atomic mass is 16.3. The van der Waals surface area contributed by atoms with E-state index in [1.165, 1.54) is 12.8 Å². The zero-order valence-electron chi connectivity index (χ0n) is 12.8. The van der Waals surface area contributed by atoms with Crippen LogP contribution in [0.5, 0.6) is 0 Å². The molecule has 0 atom stereocenters. The fourth-order valence-corrected chi connectivity index (χ4v) is 2.11. The molecular formula is C14H25N5O. The van der Waals surface area contributed by atoms with Crippen LogP contribution in [0.25, 0.3) is 0 Å². The number of hydrogen-bond donors (Lipinski definition) is 2. The fraction of sp³-hybridized carbons (Fsp3) is 0.786. The molecule has 112 valence electrons. The van der Waals surface area contributed by atoms with Gasteiger partial charge in [0.25, 0.3) is 0 Å². The van der Waals surface area contributed by atoms with Gasteiger partial charge in [-0.15, -0.1) is 0 Å². The van der Waals surface area contributed by atoms with Crippen molar-refractivity contribution < 1.29 is 5.11 Å². The van der Waals surface area contributed by atoms with E-state index in [2.05, 4.69) is 34.1 Å². The van der Waals surface area contributed by atoms with Crippen molar-refractivity contribution in [1.82, 2.24) is 15.0 Å². The van der Waals surface area contributed by atoms with E-state index in [1.807, 2.05) is 19.0 Å². The Morgan fingerprint density at radius 3 is 2.45 bits per heavy atom. The summed E-state index contributed by atoms with van der Waals surface area (Å²) in [7, 11) is 3.86. The van der Waals surface area contributed by atoms with Crippen LogP contribution in [0.1, 0.15) is 44.9 Å². The quantitative estimate of drug-likeness (QED) is 0.790. The van der Waals surface area contributed by atoms with Gasteiger partial charge in [-0.3, -0.25) is 0 Å². The van der Waals surface area contributed by atoms with Crippen LogP contribution >= 0.6 is 0 Å². The summed E-state index contributed by atoms with van der Waals surface area (Å²) in [5, 5.41) is 12.4. The third kappa shape index (κ3) is 3.56. The fourth-order valence-electron chi connectivity index (χ4n) is 2.11. The molecule has 1 saturated carbocycles. The Labute approximate surface area is 120 Å². The molecule has 20 heavy (non-hydrogen) atoms. The van der Waals surface area contributed by atoms with Crippen molar-refractivity contribution >= 4 is 11.9 Å². The third-order valence-corrected chi connectivity index (χ3v) is 3.78. The number of anilines is 2. The first-order chi connectivity index (χ1) is 9.46. The Balaban J connectivity index is 2.10. The summed E-state index contributed by atoms with van der Waals surface area (Å²) in [5.74, 6) is 2.39. The van der Waals surface area contributed by atoms with Crippen molar-refractivity contribution in [2.24, 2.45) is 5.41 Å². The van der Waals surface area contributed by atoms with Gasteiger partial charge in [-0.05, 0) is 24.7 Å². The van der Waals surface area contributed by atoms with E-state index in [0.29, 0.717) is 11.9 Å². The van der Waals surface area contributed by atoms with Gasteiger partial charge < -0.3 is 15.3 Å². The number of hydrogen-bond acceptors (Lipinski definition) is 6. The molecule has 1 aromatic rings. The number of nitrogens with one attached hydrogen (secondary N) is 1. The highest BCUT2D eigenvalue weighted by Crippen LogP contribution is 2.48. The molecule has 0 radical (unpaired) electrons. The molecule has 2 rings (SSSR count). The summed E-state index contributed by atoms with van der Waals surface area (Å²) >= 11 is 0. The van der Waals surface area contributed by atoms with Crippen LogP contribution in [0.3, 0.4) is 0 Å². The van der Waals surface area contributed by atoms with Gasteiger partial charge in [-0.2, -0.15) is 15.0 Å². The predicted octanol–water partition coefficient (Wildman–Crippen LogP) is 1.64. The van der Waals surface area contributed by atoms with E-state index in [4.69, 9.17) is 5.11 Å². The van der Waals surface area contributed by atoms with Gasteiger partial charge in [0.05, 0.1) is 0 Å². The van der Waals surface area contributed by atoms with Gasteiger partial charge in [0.2, 0.25) is 11.9 Å². The third-order valence-electron chi connectivity index (χ3n) is 3.78. The molecule has 1 aromatic heterocycles. The lowest BCUT2D eigenvalue weighted by molar-refractivity contribution is 0.253. The molecule has 0 bridgehead atoms. The summed E-state index contributed by atoms with van der Waals surface area (Å²) in [4.78, 5) is 15.3. The summed E-state index contributed by atoms with van der Waals surface area (Å²) in [6.45, 7) is 5.22. The van der Waals surface area contributed by atoms with E-state index in [9.17, 15) is 0 Å². The Hall–Kier alpha value is -1.43. The van der Waals surface area contributed by atoms with Crippen molar-refractivity contribution in [3.63, 3.8) is 0 Å². The minimum atomic E-state index is 0.248. The van der Waals surface area contributed by atoms with Crippen molar-refractivity contribution in [3.8, 4) is 0 Å². The molecule has 2 N–H and O–H groups in total. The van der Waals surface area contributed by atoms with Crippen molar-refractivity contribution in [1.29, 1.82) is 0 Å². The Kier molecular flexibility index (Phi) is 4.42. The highest BCUT2D eigenvalue weighted by Gasteiger charge is 2.41. The average Bonchev–Trinajstić information content (AvgIpc) is 3.17. The molecule has 6 heteroatoms. The monoisotopic (exact) mass is 279 g/mol. The molecule has 0 aliphatic heterocycles. The zero-order chi connectivity index (χ0) is 14.8. The van der Waals surface area contributed by atoms with Crippen LogP contribution in [-0.4, -0.2) is 47.3 Å². The summed E-state index contributed by atoms with van der Waals surface area (Å²) in [5.41, 5.74) is 0.248. The van der Waals surface area contributed by atoms with Gasteiger partial charge >= 0.3 is 0 Å². The Bertz CT molecular complexity index is 431. The number of aliphatic hydroxyl groups excluding tert-OH is 1. The number of rotatable bonds is 7. The SMILES string of the molecule is CC(C)c1nc(NCC2(CCO)CC2)nc(N(C)C)n1. The first-order valence-electron chi connectivity index (χ1n) is 7.24. The van der Waals surface area contributed by atoms with Gasteiger partial charge in [0.1, 0.15) is 5.82 Å². The second kappa shape index (κ2) is 5.91. The predicted molar refractivity (Wildman–Crippen MR) is 80.1 cm³/mol. The average molecular weight is 279 g/mol. The summed E-state index contributed by atoms with van der Waals surface area (Å²) < 4.78 is 0. The minimum absolute atomic E-state index is 0.248. The zero-order valence-corrected chi connectivity index (χ0v) is 12.8. The van der Waals surface area contributed by atoms with Crippen molar-refractivity contribution in [2.75, 3.05) is 37.5 Å². The molecule has 0 unspecified atom stereocenters. The van der Waals surface area contributed by atoms with Gasteiger partial charge in [0, 0.05) is 33.2 Å². The van der Waals surface area contributed by atoms with Crippen LogP contribution in [0.2, 0.25) is 0 Å². The smallest absolute Gasteiger partial charge is 0.229 e. The topological polar surface area (TPSA) is 74.2 Å². The number of aliphatic hydroxyl groups is 1. The first-order valence-corrected chi connectivity index (χ1v) is 7.24. The molecule has 0 amide bonds. The summed E-state index contributed by atoms with van der Waals surface area (Å²) in [6.07, 6.45) is 3.19. The van der Waals surface area contributed by atoms with Crippen LogP contribution in [0, 0.1) is 5.41 Å². The molecular weight excluding hydrogens is 254 g/mol. The maximum Gasteiger partial charge on any atom is 0.229 e. The molecule has 0 spiro atoms. The van der Waals surface area contributed by atoms with Gasteiger partial charge in [-0.25, -0.2) is 0 Å². The second-order valence-corrected chi connectivity index (χ2v) is 6.19. The van der Waals surface area contributed by atoms with Gasteiger partial charge in [-0.1, -0.05) is 13.8 Å². The molecule has 0 aromatic carbocycles. The maximum absolute atomic E-state index is 9.10. The van der Waals surface area contributed by atoms with E-state index in [1.54, 1.807) is 0 Å². The lowest BCUT2D eigenvalue weighted by Crippen LogP contribution is -2.21. The molecule has 1 aliphatic carbocycles. The molecule has 1 aliphatic rings. The molecule has 1 heterocycles. The normalized spacial score (nSPS) is 16.3. The van der Waals surface area contributed by atoms with Crippen LogP contribution in [-0.2, 0) is 0 Å². The second-order valence-electron chi connectivity index (χ2n) is 6.19. The first kappa shape index (κ1) is 15.0. The van der Waals surface area contributed by atoms with Crippen LogP contribution in [0.15, 0.2) is 0 Å². The minimum Gasteiger partial charge on any atom is -0.396 e. The number of aromatic nitrogens is 3. The number of nitrogens with zero attached hydrogens (tertiary/aromatic N) is 4. The Morgan fingerprint density at radius 1 is 1.25 bits per heavy atom. The van der Waals surface area contributed by atoms with Crippen LogP contribution in [0.4, 0.5) is 11.9 Å².